The number of carbonyl (C=O) groups excluding carboxylic acids is 3. The van der Waals surface area contributed by atoms with Gasteiger partial charge in [-0.05, 0) is 16.7 Å². The molecule has 1 fully saturated rings. The van der Waals surface area contributed by atoms with Crippen molar-refractivity contribution in [1.82, 2.24) is 10.2 Å². The molecule has 9 nitrogen and oxygen atoms in total. The molecule has 0 radical (unpaired) electrons. The normalized spacial score (nSPS) is 20.6. The van der Waals surface area contributed by atoms with Crippen molar-refractivity contribution in [3.63, 3.8) is 0 Å². The van der Waals surface area contributed by atoms with Crippen LogP contribution in [0.5, 0.6) is 0 Å². The Labute approximate surface area is 241 Å². The maximum atomic E-state index is 13.7. The Kier molecular flexibility index (Phi) is 8.34. The number of carboxylic acids is 1. The second-order valence-electron chi connectivity index (χ2n) is 9.57. The molecule has 1 saturated heterocycles. The molecule has 0 spiro atoms. The first kappa shape index (κ1) is 28.3. The number of rotatable bonds is 11. The fourth-order valence-electron chi connectivity index (χ4n) is 4.93. The van der Waals surface area contributed by atoms with Gasteiger partial charge in [0.2, 0.25) is 0 Å². The Balaban J connectivity index is 1.39. The number of ketones is 1. The Morgan fingerprint density at radius 1 is 0.976 bits per heavy atom. The molecule has 3 aromatic rings. The Bertz CT molecular complexity index is 1480. The SMILES string of the molecule is COC1(NC(=O)C(OCc2ccccc2)c2ccccc2)C(=O)N2C(C(=O)O)=C(C(=O)Cc3ccccc3)CS[C@@H]21. The van der Waals surface area contributed by atoms with Gasteiger partial charge in [0.1, 0.15) is 11.1 Å². The highest BCUT2D eigenvalue weighted by Gasteiger charge is 2.67. The highest BCUT2D eigenvalue weighted by atomic mass is 32.2. The van der Waals surface area contributed by atoms with E-state index in [0.29, 0.717) is 5.56 Å². The molecule has 0 bridgehead atoms. The predicted octanol–water partition coefficient (Wildman–Crippen LogP) is 3.47. The molecule has 2 unspecified atom stereocenters. The molecule has 2 heterocycles. The maximum absolute atomic E-state index is 13.7. The van der Waals surface area contributed by atoms with Crippen LogP contribution in [0.15, 0.2) is 102 Å². The molecule has 2 aliphatic rings. The lowest BCUT2D eigenvalue weighted by Crippen LogP contribution is -2.81. The summed E-state index contributed by atoms with van der Waals surface area (Å²) in [6.45, 7) is 0.144. The van der Waals surface area contributed by atoms with Gasteiger partial charge in [-0.25, -0.2) is 4.79 Å². The van der Waals surface area contributed by atoms with Crippen LogP contribution in [0.1, 0.15) is 22.8 Å². The topological polar surface area (TPSA) is 122 Å². The molecular weight excluding hydrogens is 544 g/mol. The summed E-state index contributed by atoms with van der Waals surface area (Å²) in [5.74, 6) is -3.14. The van der Waals surface area contributed by atoms with Crippen molar-refractivity contribution in [1.29, 1.82) is 0 Å². The standard InChI is InChI=1S/C31H28N2O7S/c1-39-31(32-27(35)26(22-15-9-4-10-16-22)40-18-21-13-7-3-8-14-21)29(38)33-25(28(36)37)23(19-41-30(31)33)24(34)17-20-11-5-2-6-12-20/h2-16,26,30H,17-19H2,1H3,(H,32,35)(H,36,37)/t26?,30-,31?/m1/s1. The van der Waals surface area contributed by atoms with E-state index in [9.17, 15) is 24.3 Å². The number of nitrogens with zero attached hydrogens (tertiary/aromatic N) is 1. The number of fused-ring (bicyclic) bond motifs is 1. The van der Waals surface area contributed by atoms with Crippen LogP contribution in [0.3, 0.4) is 0 Å². The van der Waals surface area contributed by atoms with Gasteiger partial charge >= 0.3 is 5.97 Å². The van der Waals surface area contributed by atoms with Crippen LogP contribution in [0.4, 0.5) is 0 Å². The van der Waals surface area contributed by atoms with Crippen LogP contribution < -0.4 is 5.32 Å². The molecule has 210 valence electrons. The highest BCUT2D eigenvalue weighted by Crippen LogP contribution is 2.47. The number of carbonyl (C=O) groups is 4. The van der Waals surface area contributed by atoms with Gasteiger partial charge < -0.3 is 19.9 Å². The number of hydrogen-bond acceptors (Lipinski definition) is 7. The fourth-order valence-corrected chi connectivity index (χ4v) is 6.40. The summed E-state index contributed by atoms with van der Waals surface area (Å²) >= 11 is 1.16. The van der Waals surface area contributed by atoms with Crippen molar-refractivity contribution in [2.24, 2.45) is 0 Å². The van der Waals surface area contributed by atoms with E-state index in [1.54, 1.807) is 48.5 Å². The lowest BCUT2D eigenvalue weighted by Gasteiger charge is -2.55. The molecule has 5 rings (SSSR count). The molecule has 2 N–H and O–H groups in total. The van der Waals surface area contributed by atoms with Crippen molar-refractivity contribution < 1.29 is 33.8 Å². The van der Waals surface area contributed by atoms with E-state index in [-0.39, 0.29) is 35.8 Å². The zero-order chi connectivity index (χ0) is 29.0. The van der Waals surface area contributed by atoms with Crippen LogP contribution in [-0.2, 0) is 41.7 Å². The van der Waals surface area contributed by atoms with Crippen molar-refractivity contribution in [3.8, 4) is 0 Å². The smallest absolute Gasteiger partial charge is 0.353 e. The minimum Gasteiger partial charge on any atom is -0.477 e. The van der Waals surface area contributed by atoms with Gasteiger partial charge in [-0.2, -0.15) is 0 Å². The lowest BCUT2D eigenvalue weighted by atomic mass is 9.95. The number of carboxylic acid groups (broad SMARTS) is 1. The third-order valence-corrected chi connectivity index (χ3v) is 8.32. The third kappa shape index (κ3) is 5.54. The number of thioether (sulfide) groups is 1. The zero-order valence-corrected chi connectivity index (χ0v) is 23.0. The molecule has 0 aliphatic carbocycles. The second kappa shape index (κ2) is 12.1. The van der Waals surface area contributed by atoms with Gasteiger partial charge in [0.15, 0.2) is 11.9 Å². The summed E-state index contributed by atoms with van der Waals surface area (Å²) in [6.07, 6.45) is -1.07. The number of nitrogens with one attached hydrogen (secondary N) is 1. The second-order valence-corrected chi connectivity index (χ2v) is 10.6. The van der Waals surface area contributed by atoms with E-state index in [2.05, 4.69) is 5.32 Å². The van der Waals surface area contributed by atoms with Gasteiger partial charge in [-0.1, -0.05) is 91.0 Å². The van der Waals surface area contributed by atoms with Gasteiger partial charge in [-0.3, -0.25) is 19.3 Å². The number of benzene rings is 3. The van der Waals surface area contributed by atoms with Gasteiger partial charge in [0.05, 0.1) is 6.61 Å². The Hall–Kier alpha value is -4.25. The van der Waals surface area contributed by atoms with Crippen LogP contribution >= 0.6 is 11.8 Å². The molecule has 3 aromatic carbocycles. The largest absolute Gasteiger partial charge is 0.477 e. The molecule has 10 heteroatoms. The molecule has 41 heavy (non-hydrogen) atoms. The van der Waals surface area contributed by atoms with Crippen molar-refractivity contribution in [2.75, 3.05) is 12.9 Å². The van der Waals surface area contributed by atoms with Gasteiger partial charge in [-0.15, -0.1) is 11.8 Å². The van der Waals surface area contributed by atoms with Crippen molar-refractivity contribution >= 4 is 35.3 Å². The Morgan fingerprint density at radius 2 is 1.56 bits per heavy atom. The summed E-state index contributed by atoms with van der Waals surface area (Å²) in [7, 11) is 1.28. The van der Waals surface area contributed by atoms with Crippen LogP contribution in [0.25, 0.3) is 0 Å². The van der Waals surface area contributed by atoms with Crippen LogP contribution in [-0.4, -0.2) is 57.5 Å². The van der Waals surface area contributed by atoms with Gasteiger partial charge in [0.25, 0.3) is 17.5 Å². The van der Waals surface area contributed by atoms with E-state index < -0.39 is 35.0 Å². The fraction of sp³-hybridized carbons (Fsp3) is 0.226. The Morgan fingerprint density at radius 3 is 2.15 bits per heavy atom. The minimum atomic E-state index is -1.83. The van der Waals surface area contributed by atoms with E-state index in [0.717, 1.165) is 27.8 Å². The first-order valence-electron chi connectivity index (χ1n) is 12.9. The number of β-lactam (4-membered cyclic amide) rings is 1. The summed E-state index contributed by atoms with van der Waals surface area (Å²) in [6, 6.07) is 27.2. The van der Waals surface area contributed by atoms with E-state index in [1.165, 1.54) is 7.11 Å². The predicted molar refractivity (Wildman–Crippen MR) is 151 cm³/mol. The number of methoxy groups -OCH3 is 1. The van der Waals surface area contributed by atoms with E-state index in [4.69, 9.17) is 9.47 Å². The number of Topliss-reactive ketones (excluding diaryl/α,β-unsaturated/α-hetero) is 1. The minimum absolute atomic E-state index is 0.00385. The number of amides is 2. The number of aliphatic carboxylic acids is 1. The number of hydrogen-bond donors (Lipinski definition) is 2. The quantitative estimate of drug-likeness (QED) is 0.265. The van der Waals surface area contributed by atoms with Crippen molar-refractivity contribution in [3.05, 3.63) is 119 Å². The third-order valence-electron chi connectivity index (χ3n) is 7.01. The molecule has 0 aromatic heterocycles. The summed E-state index contributed by atoms with van der Waals surface area (Å²) in [5.41, 5.74) is -0.00779. The van der Waals surface area contributed by atoms with Crippen molar-refractivity contribution in [2.45, 2.75) is 30.2 Å². The first-order chi connectivity index (χ1) is 19.9. The zero-order valence-electron chi connectivity index (χ0n) is 22.2. The summed E-state index contributed by atoms with van der Waals surface area (Å²) in [4.78, 5) is 53.7. The molecular formula is C31H28N2O7S. The molecule has 2 aliphatic heterocycles. The van der Waals surface area contributed by atoms with Crippen LogP contribution in [0.2, 0.25) is 0 Å². The number of ether oxygens (including phenoxy) is 2. The molecule has 0 saturated carbocycles. The van der Waals surface area contributed by atoms with E-state index >= 15 is 0 Å². The first-order valence-corrected chi connectivity index (χ1v) is 14.0. The van der Waals surface area contributed by atoms with Gasteiger partial charge in [0, 0.05) is 24.9 Å². The monoisotopic (exact) mass is 572 g/mol. The van der Waals surface area contributed by atoms with E-state index in [1.807, 2.05) is 42.5 Å². The molecule has 2 amide bonds. The lowest BCUT2D eigenvalue weighted by molar-refractivity contribution is -0.194. The maximum Gasteiger partial charge on any atom is 0.353 e. The highest BCUT2D eigenvalue weighted by molar-refractivity contribution is 8.00. The van der Waals surface area contributed by atoms with Crippen LogP contribution in [0, 0.1) is 0 Å². The molecule has 3 atom stereocenters. The summed E-state index contributed by atoms with van der Waals surface area (Å²) in [5, 5.41) is 11.9. The summed E-state index contributed by atoms with van der Waals surface area (Å²) < 4.78 is 11.6. The average molecular weight is 573 g/mol. The average Bonchev–Trinajstić information content (AvgIpc) is 3.00.